The summed E-state index contributed by atoms with van der Waals surface area (Å²) in [6.45, 7) is 7.49. The van der Waals surface area contributed by atoms with Crippen LogP contribution in [0.25, 0.3) is 0 Å². The minimum atomic E-state index is -0.431. The zero-order chi connectivity index (χ0) is 21.1. The molecule has 158 valence electrons. The average molecular weight is 400 g/mol. The molecule has 2 rings (SSSR count). The van der Waals surface area contributed by atoms with E-state index in [-0.39, 0.29) is 11.8 Å². The molecule has 0 heterocycles. The Morgan fingerprint density at radius 2 is 1.76 bits per heavy atom. The molecular formula is C25H34FNO2. The highest BCUT2D eigenvalue weighted by Gasteiger charge is 2.13. The SMILES string of the molecule is CCCC(CCC)COc1cc(F)cc(C(=O)CCNC(C)c2ccccc2)c1. The Morgan fingerprint density at radius 1 is 1.07 bits per heavy atom. The molecule has 4 heteroatoms. The Morgan fingerprint density at radius 3 is 2.41 bits per heavy atom. The number of benzene rings is 2. The molecule has 0 aliphatic carbocycles. The summed E-state index contributed by atoms with van der Waals surface area (Å²) < 4.78 is 19.9. The number of ketones is 1. The van der Waals surface area contributed by atoms with Crippen LogP contribution >= 0.6 is 0 Å². The second kappa shape index (κ2) is 12.4. The quantitative estimate of drug-likeness (QED) is 0.399. The smallest absolute Gasteiger partial charge is 0.164 e. The van der Waals surface area contributed by atoms with E-state index < -0.39 is 5.82 Å². The van der Waals surface area contributed by atoms with Crippen molar-refractivity contribution in [3.8, 4) is 5.75 Å². The summed E-state index contributed by atoms with van der Waals surface area (Å²) in [6.07, 6.45) is 4.72. The van der Waals surface area contributed by atoms with Crippen molar-refractivity contribution < 1.29 is 13.9 Å². The summed E-state index contributed by atoms with van der Waals surface area (Å²) in [7, 11) is 0. The van der Waals surface area contributed by atoms with E-state index >= 15 is 0 Å². The van der Waals surface area contributed by atoms with Crippen molar-refractivity contribution in [2.24, 2.45) is 5.92 Å². The monoisotopic (exact) mass is 399 g/mol. The molecule has 0 aliphatic heterocycles. The first kappa shape index (κ1) is 23.1. The van der Waals surface area contributed by atoms with Gasteiger partial charge in [0.25, 0.3) is 0 Å². The standard InChI is InChI=1S/C25H34FNO2/c1-4-9-20(10-5-2)18-29-24-16-22(15-23(26)17-24)25(28)13-14-27-19(3)21-11-7-6-8-12-21/h6-8,11-12,15-17,19-20,27H,4-5,9-10,13-14,18H2,1-3H3. The van der Waals surface area contributed by atoms with Crippen molar-refractivity contribution >= 4 is 5.78 Å². The molecular weight excluding hydrogens is 365 g/mol. The molecule has 0 bridgehead atoms. The van der Waals surface area contributed by atoms with Gasteiger partial charge in [-0.2, -0.15) is 0 Å². The predicted molar refractivity (Wildman–Crippen MR) is 117 cm³/mol. The van der Waals surface area contributed by atoms with E-state index in [0.717, 1.165) is 25.7 Å². The first-order valence-corrected chi connectivity index (χ1v) is 10.8. The highest BCUT2D eigenvalue weighted by atomic mass is 19.1. The summed E-state index contributed by atoms with van der Waals surface area (Å²) in [4.78, 5) is 12.5. The van der Waals surface area contributed by atoms with Crippen molar-refractivity contribution in [3.05, 3.63) is 65.5 Å². The molecule has 0 spiro atoms. The summed E-state index contributed by atoms with van der Waals surface area (Å²) in [6, 6.07) is 14.6. The number of ether oxygens (including phenoxy) is 1. The third-order valence-corrected chi connectivity index (χ3v) is 5.17. The number of carbonyl (C=O) groups excluding carboxylic acids is 1. The molecule has 29 heavy (non-hydrogen) atoms. The number of carbonyl (C=O) groups is 1. The molecule has 2 aromatic rings. The van der Waals surface area contributed by atoms with Crippen LogP contribution in [0.4, 0.5) is 4.39 Å². The van der Waals surface area contributed by atoms with E-state index in [2.05, 4.69) is 38.2 Å². The first-order chi connectivity index (χ1) is 14.0. The van der Waals surface area contributed by atoms with E-state index in [9.17, 15) is 9.18 Å². The van der Waals surface area contributed by atoms with Crippen molar-refractivity contribution in [3.63, 3.8) is 0 Å². The summed E-state index contributed by atoms with van der Waals surface area (Å²) in [5.41, 5.74) is 1.55. The third kappa shape index (κ3) is 7.98. The molecule has 3 nitrogen and oxygen atoms in total. The maximum absolute atomic E-state index is 14.0. The number of rotatable bonds is 13. The van der Waals surface area contributed by atoms with Gasteiger partial charge in [0.1, 0.15) is 11.6 Å². The van der Waals surface area contributed by atoms with Gasteiger partial charge in [0, 0.05) is 30.6 Å². The third-order valence-electron chi connectivity index (χ3n) is 5.17. The van der Waals surface area contributed by atoms with Crippen LogP contribution in [0.1, 0.15) is 74.8 Å². The van der Waals surface area contributed by atoms with Crippen LogP contribution in [0.2, 0.25) is 0 Å². The van der Waals surface area contributed by atoms with Gasteiger partial charge in [0.2, 0.25) is 0 Å². The molecule has 0 amide bonds. The zero-order valence-electron chi connectivity index (χ0n) is 17.9. The molecule has 0 fully saturated rings. The van der Waals surface area contributed by atoms with Gasteiger partial charge in [0.05, 0.1) is 6.61 Å². The topological polar surface area (TPSA) is 38.3 Å². The lowest BCUT2D eigenvalue weighted by atomic mass is 9.99. The van der Waals surface area contributed by atoms with Crippen LogP contribution in [-0.4, -0.2) is 18.9 Å². The molecule has 1 unspecified atom stereocenters. The lowest BCUT2D eigenvalue weighted by Gasteiger charge is -2.17. The van der Waals surface area contributed by atoms with Gasteiger partial charge in [-0.3, -0.25) is 4.79 Å². The van der Waals surface area contributed by atoms with E-state index in [1.807, 2.05) is 18.2 Å². The van der Waals surface area contributed by atoms with Crippen molar-refractivity contribution in [1.82, 2.24) is 5.32 Å². The fourth-order valence-electron chi connectivity index (χ4n) is 3.55. The molecule has 1 atom stereocenters. The Kier molecular flexibility index (Phi) is 9.85. The summed E-state index contributed by atoms with van der Waals surface area (Å²) in [5, 5.41) is 3.35. The van der Waals surface area contributed by atoms with Gasteiger partial charge in [-0.05, 0) is 43.4 Å². The number of Topliss-reactive ketones (excluding diaryl/α,β-unsaturated/α-hetero) is 1. The van der Waals surface area contributed by atoms with Gasteiger partial charge in [-0.15, -0.1) is 0 Å². The lowest BCUT2D eigenvalue weighted by Crippen LogP contribution is -2.22. The fourth-order valence-corrected chi connectivity index (χ4v) is 3.55. The highest BCUT2D eigenvalue weighted by Crippen LogP contribution is 2.21. The highest BCUT2D eigenvalue weighted by molar-refractivity contribution is 5.96. The van der Waals surface area contributed by atoms with Crippen LogP contribution in [0.15, 0.2) is 48.5 Å². The first-order valence-electron chi connectivity index (χ1n) is 10.8. The molecule has 0 saturated heterocycles. The Labute approximate surface area is 174 Å². The van der Waals surface area contributed by atoms with Crippen LogP contribution in [0.3, 0.4) is 0 Å². The largest absolute Gasteiger partial charge is 0.493 e. The summed E-state index contributed by atoms with van der Waals surface area (Å²) >= 11 is 0. The molecule has 0 aliphatic rings. The van der Waals surface area contributed by atoms with Crippen LogP contribution in [0, 0.1) is 11.7 Å². The lowest BCUT2D eigenvalue weighted by molar-refractivity contribution is 0.0980. The molecule has 0 saturated carbocycles. The van der Waals surface area contributed by atoms with Crippen LogP contribution < -0.4 is 10.1 Å². The molecule has 1 N–H and O–H groups in total. The summed E-state index contributed by atoms with van der Waals surface area (Å²) in [5.74, 6) is 0.395. The minimum Gasteiger partial charge on any atom is -0.493 e. The Hall–Kier alpha value is -2.20. The number of nitrogens with one attached hydrogen (secondary N) is 1. The van der Waals surface area contributed by atoms with Crippen molar-refractivity contribution in [2.75, 3.05) is 13.2 Å². The normalized spacial score (nSPS) is 12.2. The van der Waals surface area contributed by atoms with Gasteiger partial charge >= 0.3 is 0 Å². The number of hydrogen-bond acceptors (Lipinski definition) is 3. The van der Waals surface area contributed by atoms with Crippen molar-refractivity contribution in [2.45, 2.75) is 58.9 Å². The Balaban J connectivity index is 1.89. The Bertz CT molecular complexity index is 742. The second-order valence-corrected chi connectivity index (χ2v) is 7.69. The zero-order valence-corrected chi connectivity index (χ0v) is 17.9. The van der Waals surface area contributed by atoms with Gasteiger partial charge in [-0.25, -0.2) is 4.39 Å². The molecule has 2 aromatic carbocycles. The fraction of sp³-hybridized carbons (Fsp3) is 0.480. The maximum Gasteiger partial charge on any atom is 0.164 e. The van der Waals surface area contributed by atoms with Gasteiger partial charge in [0.15, 0.2) is 5.78 Å². The molecule has 0 aromatic heterocycles. The maximum atomic E-state index is 14.0. The predicted octanol–water partition coefficient (Wildman–Crippen LogP) is 6.34. The van der Waals surface area contributed by atoms with E-state index in [0.29, 0.717) is 36.8 Å². The number of halogens is 1. The average Bonchev–Trinajstić information content (AvgIpc) is 2.72. The van der Waals surface area contributed by atoms with Crippen molar-refractivity contribution in [1.29, 1.82) is 0 Å². The second-order valence-electron chi connectivity index (χ2n) is 7.69. The van der Waals surface area contributed by atoms with E-state index in [1.54, 1.807) is 6.07 Å². The van der Waals surface area contributed by atoms with Gasteiger partial charge < -0.3 is 10.1 Å². The number of hydrogen-bond donors (Lipinski definition) is 1. The minimum absolute atomic E-state index is 0.0826. The molecule has 0 radical (unpaired) electrons. The van der Waals surface area contributed by atoms with E-state index in [4.69, 9.17) is 4.74 Å². The van der Waals surface area contributed by atoms with Crippen LogP contribution in [-0.2, 0) is 0 Å². The van der Waals surface area contributed by atoms with E-state index in [1.165, 1.54) is 17.7 Å². The van der Waals surface area contributed by atoms with Gasteiger partial charge in [-0.1, -0.05) is 57.0 Å². The van der Waals surface area contributed by atoms with Crippen LogP contribution in [0.5, 0.6) is 5.75 Å².